The molecule has 0 aliphatic heterocycles. The van der Waals surface area contributed by atoms with Gasteiger partial charge in [-0.3, -0.25) is 9.36 Å². The van der Waals surface area contributed by atoms with Gasteiger partial charge in [0.05, 0.1) is 7.11 Å². The zero-order valence-electron chi connectivity index (χ0n) is 9.05. The second kappa shape index (κ2) is 4.15. The maximum atomic E-state index is 12.5. The Morgan fingerprint density at radius 1 is 1.44 bits per heavy atom. The van der Waals surface area contributed by atoms with Crippen LogP contribution in [0.5, 0.6) is 6.01 Å². The smallest absolute Gasteiger partial charge is 0.434 e. The van der Waals surface area contributed by atoms with Crippen LogP contribution in [0, 0.1) is 6.92 Å². The summed E-state index contributed by atoms with van der Waals surface area (Å²) >= 11 is 0. The van der Waals surface area contributed by atoms with Crippen molar-refractivity contribution in [1.29, 1.82) is 0 Å². The lowest BCUT2D eigenvalue weighted by molar-refractivity contribution is -0.142. The van der Waals surface area contributed by atoms with E-state index in [0.29, 0.717) is 0 Å². The fourth-order valence-electron chi connectivity index (χ4n) is 1.34. The predicted octanol–water partition coefficient (Wildman–Crippen LogP) is 1.60. The number of nitrogens with zero attached hydrogens (tertiary/aromatic N) is 2. The highest BCUT2D eigenvalue weighted by Gasteiger charge is 2.36. The van der Waals surface area contributed by atoms with Crippen LogP contribution in [-0.2, 0) is 12.7 Å². The normalized spacial score (nSPS) is 11.6. The van der Waals surface area contributed by atoms with Crippen LogP contribution in [0.2, 0.25) is 0 Å². The number of methoxy groups -OCH3 is 1. The summed E-state index contributed by atoms with van der Waals surface area (Å²) in [5.41, 5.74) is -2.35. The molecule has 16 heavy (non-hydrogen) atoms. The third-order valence-corrected chi connectivity index (χ3v) is 2.13. The predicted molar refractivity (Wildman–Crippen MR) is 50.5 cm³/mol. The van der Waals surface area contributed by atoms with E-state index in [2.05, 4.69) is 9.72 Å². The molecule has 4 nitrogen and oxygen atoms in total. The van der Waals surface area contributed by atoms with Gasteiger partial charge in [-0.15, -0.1) is 0 Å². The minimum atomic E-state index is -4.65. The average molecular weight is 236 g/mol. The molecular weight excluding hydrogens is 225 g/mol. The van der Waals surface area contributed by atoms with Crippen molar-refractivity contribution in [1.82, 2.24) is 9.55 Å². The second-order valence-corrected chi connectivity index (χ2v) is 3.12. The summed E-state index contributed by atoms with van der Waals surface area (Å²) in [5, 5.41) is 0. The average Bonchev–Trinajstić information content (AvgIpc) is 2.19. The van der Waals surface area contributed by atoms with Crippen LogP contribution in [0.4, 0.5) is 13.2 Å². The summed E-state index contributed by atoms with van der Waals surface area (Å²) in [4.78, 5) is 14.9. The van der Waals surface area contributed by atoms with E-state index in [-0.39, 0.29) is 12.6 Å². The SMILES string of the molecule is CCn1c(OC)nc(C(F)(F)F)c(C)c1=O. The molecule has 0 aliphatic rings. The van der Waals surface area contributed by atoms with Gasteiger partial charge in [-0.2, -0.15) is 18.2 Å². The molecule has 0 radical (unpaired) electrons. The fourth-order valence-corrected chi connectivity index (χ4v) is 1.34. The van der Waals surface area contributed by atoms with Crippen molar-refractivity contribution in [3.63, 3.8) is 0 Å². The number of alkyl halides is 3. The molecule has 0 atom stereocenters. The summed E-state index contributed by atoms with van der Waals surface area (Å²) in [6, 6.07) is -0.328. The van der Waals surface area contributed by atoms with Crippen molar-refractivity contribution in [3.8, 4) is 6.01 Å². The van der Waals surface area contributed by atoms with Crippen LogP contribution in [-0.4, -0.2) is 16.7 Å². The molecule has 1 heterocycles. The summed E-state index contributed by atoms with van der Waals surface area (Å²) in [5.74, 6) is 0. The lowest BCUT2D eigenvalue weighted by atomic mass is 10.2. The molecule has 0 bridgehead atoms. The summed E-state index contributed by atoms with van der Waals surface area (Å²) in [7, 11) is 1.17. The van der Waals surface area contributed by atoms with Crippen molar-refractivity contribution in [2.24, 2.45) is 0 Å². The van der Waals surface area contributed by atoms with Gasteiger partial charge in [0.15, 0.2) is 5.69 Å². The Morgan fingerprint density at radius 2 is 2.00 bits per heavy atom. The molecule has 90 valence electrons. The summed E-state index contributed by atoms with van der Waals surface area (Å²) in [6.45, 7) is 2.93. The Balaban J connectivity index is 3.58. The van der Waals surface area contributed by atoms with Crippen LogP contribution in [0.25, 0.3) is 0 Å². The molecular formula is C9H11F3N2O2. The first-order chi connectivity index (χ1) is 7.32. The van der Waals surface area contributed by atoms with Crippen molar-refractivity contribution < 1.29 is 17.9 Å². The minimum Gasteiger partial charge on any atom is -0.468 e. The molecule has 1 rings (SSSR count). The lowest BCUT2D eigenvalue weighted by Crippen LogP contribution is -2.28. The molecule has 0 N–H and O–H groups in total. The van der Waals surface area contributed by atoms with E-state index >= 15 is 0 Å². The highest BCUT2D eigenvalue weighted by atomic mass is 19.4. The first-order valence-electron chi connectivity index (χ1n) is 4.55. The first kappa shape index (κ1) is 12.5. The fraction of sp³-hybridized carbons (Fsp3) is 0.556. The van der Waals surface area contributed by atoms with Gasteiger partial charge in [-0.1, -0.05) is 0 Å². The Kier molecular flexibility index (Phi) is 3.25. The van der Waals surface area contributed by atoms with E-state index in [1.54, 1.807) is 6.92 Å². The number of halogens is 3. The monoisotopic (exact) mass is 236 g/mol. The second-order valence-electron chi connectivity index (χ2n) is 3.12. The molecule has 0 aromatic carbocycles. The number of ether oxygens (including phenoxy) is 1. The summed E-state index contributed by atoms with van der Waals surface area (Å²) in [6.07, 6.45) is -4.65. The largest absolute Gasteiger partial charge is 0.468 e. The first-order valence-corrected chi connectivity index (χ1v) is 4.55. The third-order valence-electron chi connectivity index (χ3n) is 2.13. The van der Waals surface area contributed by atoms with E-state index in [9.17, 15) is 18.0 Å². The van der Waals surface area contributed by atoms with E-state index in [4.69, 9.17) is 0 Å². The third kappa shape index (κ3) is 2.02. The zero-order valence-corrected chi connectivity index (χ0v) is 9.05. The molecule has 1 aromatic heterocycles. The Hall–Kier alpha value is -1.53. The molecule has 7 heteroatoms. The number of hydrogen-bond acceptors (Lipinski definition) is 3. The van der Waals surface area contributed by atoms with Crippen molar-refractivity contribution in [2.75, 3.05) is 7.11 Å². The molecule has 0 saturated heterocycles. The number of rotatable bonds is 2. The molecule has 0 aliphatic carbocycles. The van der Waals surface area contributed by atoms with Gasteiger partial charge in [0.1, 0.15) is 0 Å². The van der Waals surface area contributed by atoms with Gasteiger partial charge >= 0.3 is 6.18 Å². The van der Waals surface area contributed by atoms with Gasteiger partial charge in [-0.05, 0) is 13.8 Å². The van der Waals surface area contributed by atoms with Crippen molar-refractivity contribution in [3.05, 3.63) is 21.6 Å². The topological polar surface area (TPSA) is 44.1 Å². The van der Waals surface area contributed by atoms with Gasteiger partial charge in [-0.25, -0.2) is 0 Å². The maximum Gasteiger partial charge on any atom is 0.434 e. The number of hydrogen-bond donors (Lipinski definition) is 0. The maximum absolute atomic E-state index is 12.5. The van der Waals surface area contributed by atoms with Gasteiger partial charge < -0.3 is 4.74 Å². The summed E-state index contributed by atoms with van der Waals surface area (Å²) < 4.78 is 43.2. The minimum absolute atomic E-state index is 0.202. The Morgan fingerprint density at radius 3 is 2.38 bits per heavy atom. The van der Waals surface area contributed by atoms with Gasteiger partial charge in [0, 0.05) is 12.1 Å². The van der Waals surface area contributed by atoms with Gasteiger partial charge in [0.2, 0.25) is 0 Å². The number of aromatic nitrogens is 2. The van der Waals surface area contributed by atoms with E-state index in [0.717, 1.165) is 11.5 Å². The van der Waals surface area contributed by atoms with Crippen molar-refractivity contribution >= 4 is 0 Å². The highest BCUT2D eigenvalue weighted by molar-refractivity contribution is 5.21. The lowest BCUT2D eigenvalue weighted by Gasteiger charge is -2.14. The van der Waals surface area contributed by atoms with Crippen LogP contribution in [0.3, 0.4) is 0 Å². The molecule has 0 amide bonds. The van der Waals surface area contributed by atoms with Crippen LogP contribution >= 0.6 is 0 Å². The Labute approximate surface area is 89.7 Å². The van der Waals surface area contributed by atoms with Crippen LogP contribution < -0.4 is 10.3 Å². The zero-order chi connectivity index (χ0) is 12.5. The molecule has 0 fully saturated rings. The van der Waals surface area contributed by atoms with Crippen LogP contribution in [0.15, 0.2) is 4.79 Å². The standard InChI is InChI=1S/C9H11F3N2O2/c1-4-14-7(15)5(2)6(9(10,11)12)13-8(14)16-3/h4H2,1-3H3. The molecule has 0 spiro atoms. The molecule has 0 saturated carbocycles. The highest BCUT2D eigenvalue weighted by Crippen LogP contribution is 2.29. The van der Waals surface area contributed by atoms with E-state index in [1.165, 1.54) is 7.11 Å². The van der Waals surface area contributed by atoms with Crippen molar-refractivity contribution in [2.45, 2.75) is 26.6 Å². The molecule has 1 aromatic rings. The van der Waals surface area contributed by atoms with Gasteiger partial charge in [0.25, 0.3) is 11.6 Å². The van der Waals surface area contributed by atoms with Crippen LogP contribution in [0.1, 0.15) is 18.2 Å². The molecule has 0 unspecified atom stereocenters. The van der Waals surface area contributed by atoms with E-state index < -0.39 is 23.0 Å². The quantitative estimate of drug-likeness (QED) is 0.783. The van der Waals surface area contributed by atoms with E-state index in [1.807, 2.05) is 0 Å². The Bertz CT molecular complexity index is 451.